The summed E-state index contributed by atoms with van der Waals surface area (Å²) in [5, 5.41) is 10.8. The van der Waals surface area contributed by atoms with Crippen molar-refractivity contribution >= 4 is 11.9 Å². The Balaban J connectivity index is 0.00000180. The molecule has 19 heavy (non-hydrogen) atoms. The Hall–Kier alpha value is -0.840. The zero-order valence-corrected chi connectivity index (χ0v) is 13.3. The van der Waals surface area contributed by atoms with Crippen molar-refractivity contribution in [1.82, 2.24) is 4.90 Å². The van der Waals surface area contributed by atoms with Crippen molar-refractivity contribution in [2.75, 3.05) is 0 Å². The van der Waals surface area contributed by atoms with Gasteiger partial charge in [-0.1, -0.05) is 30.3 Å². The van der Waals surface area contributed by atoms with Gasteiger partial charge in [0, 0.05) is 6.04 Å². The van der Waals surface area contributed by atoms with Gasteiger partial charge in [-0.25, -0.2) is 0 Å². The Bertz CT molecular complexity index is 449. The number of hydrogen-bond acceptors (Lipinski definition) is 3. The van der Waals surface area contributed by atoms with Crippen molar-refractivity contribution in [3.63, 3.8) is 0 Å². The maximum Gasteiger partial charge on any atom is 1.00 e. The molecule has 1 aromatic carbocycles. The van der Waals surface area contributed by atoms with E-state index in [0.717, 1.165) is 24.8 Å². The molecule has 1 aliphatic rings. The number of carboxylic acids is 1. The summed E-state index contributed by atoms with van der Waals surface area (Å²) in [6.45, 7) is 1.88. The molecule has 5 heteroatoms. The van der Waals surface area contributed by atoms with Crippen LogP contribution in [0.3, 0.4) is 0 Å². The molecule has 1 aliphatic heterocycles. The first kappa shape index (κ1) is 16.2. The smallest absolute Gasteiger partial charge is 0.540 e. The van der Waals surface area contributed by atoms with E-state index >= 15 is 0 Å². The zero-order chi connectivity index (χ0) is 13.1. The summed E-state index contributed by atoms with van der Waals surface area (Å²) in [6, 6.07) is 9.35. The minimum Gasteiger partial charge on any atom is -0.540 e. The fourth-order valence-electron chi connectivity index (χ4n) is 2.64. The van der Waals surface area contributed by atoms with E-state index in [1.165, 1.54) is 4.90 Å². The Kier molecular flexibility index (Phi) is 6.04. The maximum absolute atomic E-state index is 11.8. The second-order valence-corrected chi connectivity index (χ2v) is 4.71. The van der Waals surface area contributed by atoms with E-state index in [0.29, 0.717) is 0 Å². The van der Waals surface area contributed by atoms with Crippen molar-refractivity contribution in [1.29, 1.82) is 0 Å². The first-order valence-electron chi connectivity index (χ1n) is 6.20. The van der Waals surface area contributed by atoms with E-state index in [1.54, 1.807) is 0 Å². The van der Waals surface area contributed by atoms with Gasteiger partial charge in [0.05, 0.1) is 6.04 Å². The predicted octanol–water partition coefficient (Wildman–Crippen LogP) is -2.12. The van der Waals surface area contributed by atoms with E-state index in [4.69, 9.17) is 0 Å². The van der Waals surface area contributed by atoms with E-state index in [1.807, 2.05) is 37.3 Å². The molecule has 0 aliphatic carbocycles. The summed E-state index contributed by atoms with van der Waals surface area (Å²) < 4.78 is 0. The third kappa shape index (κ3) is 3.59. The van der Waals surface area contributed by atoms with Crippen LogP contribution >= 0.6 is 0 Å². The van der Waals surface area contributed by atoms with E-state index < -0.39 is 11.9 Å². The van der Waals surface area contributed by atoms with Gasteiger partial charge in [-0.15, -0.1) is 0 Å². The van der Waals surface area contributed by atoms with E-state index in [-0.39, 0.29) is 41.6 Å². The summed E-state index contributed by atoms with van der Waals surface area (Å²) >= 11 is 0. The summed E-state index contributed by atoms with van der Waals surface area (Å²) in [7, 11) is 0. The number of carboxylic acid groups (broad SMARTS) is 1. The van der Waals surface area contributed by atoms with Crippen molar-refractivity contribution in [2.45, 2.75) is 38.3 Å². The molecule has 2 rings (SSSR count). The van der Waals surface area contributed by atoms with Gasteiger partial charge in [0.2, 0.25) is 0 Å². The topological polar surface area (TPSA) is 60.4 Å². The average Bonchev–Trinajstić information content (AvgIpc) is 2.38. The number of carbonyl (C=O) groups excluding carboxylic acids is 2. The van der Waals surface area contributed by atoms with Crippen LogP contribution in [-0.2, 0) is 9.59 Å². The minimum atomic E-state index is -1.62. The van der Waals surface area contributed by atoms with Gasteiger partial charge >= 0.3 is 29.6 Å². The van der Waals surface area contributed by atoms with Crippen molar-refractivity contribution in [3.05, 3.63) is 35.9 Å². The standard InChI is InChI=1S/C14H17NO3.Na/c1-10-6-5-9-12(11-7-3-2-4-8-11)15(10)13(16)14(17)18;/h2-4,7-8,10,12H,5-6,9H2,1H3,(H,17,18);/q;+1/p-1/t10-,12-;/m1./s1. The quantitative estimate of drug-likeness (QED) is 0.433. The molecule has 0 unspecified atom stereocenters. The second-order valence-electron chi connectivity index (χ2n) is 4.71. The second kappa shape index (κ2) is 7.08. The van der Waals surface area contributed by atoms with Crippen molar-refractivity contribution < 1.29 is 44.3 Å². The molecule has 0 bridgehead atoms. The summed E-state index contributed by atoms with van der Waals surface area (Å²) in [4.78, 5) is 24.0. The van der Waals surface area contributed by atoms with Crippen LogP contribution in [-0.4, -0.2) is 22.8 Å². The first-order valence-corrected chi connectivity index (χ1v) is 6.20. The van der Waals surface area contributed by atoms with Crippen LogP contribution in [0.15, 0.2) is 30.3 Å². The molecule has 1 saturated heterocycles. The Morgan fingerprint density at radius 3 is 2.42 bits per heavy atom. The average molecular weight is 269 g/mol. The molecule has 0 radical (unpaired) electrons. The molecule has 1 amide bonds. The largest absolute Gasteiger partial charge is 1.00 e. The van der Waals surface area contributed by atoms with Crippen LogP contribution in [0.2, 0.25) is 0 Å². The van der Waals surface area contributed by atoms with Crippen LogP contribution in [0.5, 0.6) is 0 Å². The molecule has 0 saturated carbocycles. The number of aliphatic carboxylic acids is 1. The molecule has 1 fully saturated rings. The number of benzene rings is 1. The molecule has 0 N–H and O–H groups in total. The molecule has 1 aromatic rings. The van der Waals surface area contributed by atoms with E-state index in [2.05, 4.69) is 0 Å². The fraction of sp³-hybridized carbons (Fsp3) is 0.429. The van der Waals surface area contributed by atoms with Gasteiger partial charge in [-0.2, -0.15) is 0 Å². The van der Waals surface area contributed by atoms with Crippen LogP contribution in [0.1, 0.15) is 37.8 Å². The number of rotatable bonds is 1. The summed E-state index contributed by atoms with van der Waals surface area (Å²) in [5.74, 6) is -2.53. The van der Waals surface area contributed by atoms with Gasteiger partial charge in [0.25, 0.3) is 5.91 Å². The Morgan fingerprint density at radius 1 is 1.21 bits per heavy atom. The van der Waals surface area contributed by atoms with Crippen LogP contribution in [0.4, 0.5) is 0 Å². The van der Waals surface area contributed by atoms with Gasteiger partial charge < -0.3 is 14.8 Å². The third-order valence-electron chi connectivity index (χ3n) is 3.50. The van der Waals surface area contributed by atoms with Crippen LogP contribution < -0.4 is 34.7 Å². The van der Waals surface area contributed by atoms with Crippen molar-refractivity contribution in [3.8, 4) is 0 Å². The molecule has 1 heterocycles. The van der Waals surface area contributed by atoms with E-state index in [9.17, 15) is 14.7 Å². The third-order valence-corrected chi connectivity index (χ3v) is 3.50. The first-order chi connectivity index (χ1) is 8.61. The molecule has 0 aromatic heterocycles. The number of piperidine rings is 1. The van der Waals surface area contributed by atoms with Gasteiger partial charge in [0.15, 0.2) is 0 Å². The Morgan fingerprint density at radius 2 is 1.84 bits per heavy atom. The zero-order valence-electron chi connectivity index (χ0n) is 11.3. The van der Waals surface area contributed by atoms with Gasteiger partial charge in [-0.3, -0.25) is 4.79 Å². The number of amides is 1. The monoisotopic (exact) mass is 269 g/mol. The SMILES string of the molecule is C[C@@H]1CCC[C@H](c2ccccc2)N1C(=O)C(=O)[O-].[Na+]. The van der Waals surface area contributed by atoms with Gasteiger partial charge in [0.1, 0.15) is 5.97 Å². The Labute approximate surface area is 135 Å². The van der Waals surface area contributed by atoms with Gasteiger partial charge in [-0.05, 0) is 31.7 Å². The predicted molar refractivity (Wildman–Crippen MR) is 64.3 cm³/mol. The molecular formula is C14H16NNaO3. The molecular weight excluding hydrogens is 253 g/mol. The van der Waals surface area contributed by atoms with Crippen LogP contribution in [0, 0.1) is 0 Å². The molecule has 0 spiro atoms. The number of hydrogen-bond donors (Lipinski definition) is 0. The summed E-state index contributed by atoms with van der Waals surface area (Å²) in [5.41, 5.74) is 0.985. The molecule has 4 nitrogen and oxygen atoms in total. The number of carbonyl (C=O) groups is 2. The maximum atomic E-state index is 11.8. The molecule has 2 atom stereocenters. The number of nitrogens with zero attached hydrogens (tertiary/aromatic N) is 1. The number of likely N-dealkylation sites (tertiary alicyclic amines) is 1. The molecule has 96 valence electrons. The summed E-state index contributed by atoms with van der Waals surface area (Å²) in [6.07, 6.45) is 2.63. The normalized spacial score (nSPS) is 22.5. The van der Waals surface area contributed by atoms with Crippen LogP contribution in [0.25, 0.3) is 0 Å². The minimum absolute atomic E-state index is 0. The fourth-order valence-corrected chi connectivity index (χ4v) is 2.64. The van der Waals surface area contributed by atoms with Crippen molar-refractivity contribution in [2.24, 2.45) is 0 Å².